The molecule has 0 aliphatic carbocycles. The van der Waals surface area contributed by atoms with Gasteiger partial charge in [-0.2, -0.15) is 5.10 Å². The Bertz CT molecular complexity index is 849. The largest absolute Gasteiger partial charge is 0.478 e. The van der Waals surface area contributed by atoms with Crippen LogP contribution in [0.15, 0.2) is 30.5 Å². The Labute approximate surface area is 150 Å². The molecule has 0 saturated carbocycles. The fraction of sp³-hybridized carbons (Fsp3) is 0.333. The molecule has 8 nitrogen and oxygen atoms in total. The van der Waals surface area contributed by atoms with Gasteiger partial charge in [0.05, 0.1) is 6.20 Å². The lowest BCUT2D eigenvalue weighted by molar-refractivity contribution is 0.0669. The highest BCUT2D eigenvalue weighted by Gasteiger charge is 2.28. The fourth-order valence-corrected chi connectivity index (χ4v) is 3.07. The molecule has 1 aliphatic rings. The van der Waals surface area contributed by atoms with Crippen molar-refractivity contribution in [2.75, 3.05) is 31.1 Å². The van der Waals surface area contributed by atoms with Crippen LogP contribution < -0.4 is 4.90 Å². The van der Waals surface area contributed by atoms with E-state index in [4.69, 9.17) is 0 Å². The number of rotatable bonds is 4. The van der Waals surface area contributed by atoms with Crippen molar-refractivity contribution < 1.29 is 19.5 Å². The van der Waals surface area contributed by atoms with E-state index < -0.39 is 5.97 Å². The number of carbonyl (C=O) groups is 3. The SMILES string of the molecule is CC(=O)c1ccc(N2CCN(C(=O)c3c(C(=O)O)cnn3C)CC2)cc1. The van der Waals surface area contributed by atoms with Gasteiger partial charge in [-0.15, -0.1) is 0 Å². The second-order valence-electron chi connectivity index (χ2n) is 6.22. The molecule has 26 heavy (non-hydrogen) atoms. The summed E-state index contributed by atoms with van der Waals surface area (Å²) in [5.74, 6) is -1.46. The number of amides is 1. The Morgan fingerprint density at radius 1 is 1.04 bits per heavy atom. The third-order valence-corrected chi connectivity index (χ3v) is 4.58. The summed E-state index contributed by atoms with van der Waals surface area (Å²) in [7, 11) is 1.56. The van der Waals surface area contributed by atoms with Crippen LogP contribution in [0, 0.1) is 0 Å². The van der Waals surface area contributed by atoms with Gasteiger partial charge in [-0.25, -0.2) is 4.79 Å². The number of aromatic nitrogens is 2. The number of aryl methyl sites for hydroxylation is 1. The molecule has 2 aromatic rings. The number of ketones is 1. The normalized spacial score (nSPS) is 14.4. The zero-order valence-electron chi connectivity index (χ0n) is 14.7. The number of anilines is 1. The number of carbonyl (C=O) groups excluding carboxylic acids is 2. The van der Waals surface area contributed by atoms with Crippen molar-refractivity contribution in [2.24, 2.45) is 7.05 Å². The molecule has 0 unspecified atom stereocenters. The predicted octanol–water partition coefficient (Wildman–Crippen LogP) is 1.28. The maximum atomic E-state index is 12.7. The average molecular weight is 356 g/mol. The third-order valence-electron chi connectivity index (χ3n) is 4.58. The van der Waals surface area contributed by atoms with Crippen LogP contribution in [0.5, 0.6) is 0 Å². The standard InChI is InChI=1S/C18H20N4O4/c1-12(23)13-3-5-14(6-4-13)21-7-9-22(10-8-21)17(24)16-15(18(25)26)11-19-20(16)2/h3-6,11H,7-10H2,1-2H3,(H,25,26). The lowest BCUT2D eigenvalue weighted by Gasteiger charge is -2.36. The molecule has 136 valence electrons. The first-order chi connectivity index (χ1) is 12.4. The number of carboxylic acids is 1. The molecule has 1 aromatic carbocycles. The van der Waals surface area contributed by atoms with E-state index in [1.54, 1.807) is 24.1 Å². The summed E-state index contributed by atoms with van der Waals surface area (Å²) < 4.78 is 1.30. The van der Waals surface area contributed by atoms with E-state index in [9.17, 15) is 19.5 Å². The van der Waals surface area contributed by atoms with Gasteiger partial charge in [-0.1, -0.05) is 0 Å². The molecule has 0 spiro atoms. The number of Topliss-reactive ketones (excluding diaryl/α,β-unsaturated/α-hetero) is 1. The van der Waals surface area contributed by atoms with Gasteiger partial charge in [0, 0.05) is 44.5 Å². The summed E-state index contributed by atoms with van der Waals surface area (Å²) >= 11 is 0. The molecule has 1 N–H and O–H groups in total. The first kappa shape index (κ1) is 17.7. The minimum absolute atomic E-state index is 0.0253. The molecule has 1 amide bonds. The van der Waals surface area contributed by atoms with Crippen LogP contribution in [0.25, 0.3) is 0 Å². The number of aromatic carboxylic acids is 1. The van der Waals surface area contributed by atoms with Gasteiger partial charge in [-0.3, -0.25) is 14.3 Å². The van der Waals surface area contributed by atoms with Crippen LogP contribution in [0.4, 0.5) is 5.69 Å². The molecule has 1 saturated heterocycles. The van der Waals surface area contributed by atoms with Gasteiger partial charge >= 0.3 is 5.97 Å². The van der Waals surface area contributed by atoms with Gasteiger partial charge in [0.2, 0.25) is 0 Å². The van der Waals surface area contributed by atoms with Crippen LogP contribution in [-0.4, -0.2) is 63.6 Å². The Balaban J connectivity index is 1.69. The average Bonchev–Trinajstić information content (AvgIpc) is 3.03. The zero-order chi connectivity index (χ0) is 18.8. The van der Waals surface area contributed by atoms with E-state index in [0.29, 0.717) is 31.7 Å². The van der Waals surface area contributed by atoms with Gasteiger partial charge in [0.1, 0.15) is 11.3 Å². The Morgan fingerprint density at radius 2 is 1.65 bits per heavy atom. The molecule has 0 bridgehead atoms. The number of nitrogens with zero attached hydrogens (tertiary/aromatic N) is 4. The maximum absolute atomic E-state index is 12.7. The van der Waals surface area contributed by atoms with Gasteiger partial charge in [0.25, 0.3) is 5.91 Å². The van der Waals surface area contributed by atoms with Gasteiger partial charge in [-0.05, 0) is 31.2 Å². The van der Waals surface area contributed by atoms with Crippen LogP contribution in [0.2, 0.25) is 0 Å². The number of benzene rings is 1. The maximum Gasteiger partial charge on any atom is 0.339 e. The Kier molecular flexibility index (Phi) is 4.75. The predicted molar refractivity (Wildman–Crippen MR) is 94.7 cm³/mol. The zero-order valence-corrected chi connectivity index (χ0v) is 14.7. The van der Waals surface area contributed by atoms with E-state index in [-0.39, 0.29) is 22.9 Å². The quantitative estimate of drug-likeness (QED) is 0.829. The summed E-state index contributed by atoms with van der Waals surface area (Å²) in [5, 5.41) is 13.1. The Morgan fingerprint density at radius 3 is 2.19 bits per heavy atom. The Hall–Kier alpha value is -3.16. The fourth-order valence-electron chi connectivity index (χ4n) is 3.07. The summed E-state index contributed by atoms with van der Waals surface area (Å²) in [4.78, 5) is 39.1. The molecule has 3 rings (SSSR count). The molecular weight excluding hydrogens is 336 g/mol. The smallest absolute Gasteiger partial charge is 0.339 e. The number of hydrogen-bond donors (Lipinski definition) is 1. The molecule has 2 heterocycles. The van der Waals surface area contributed by atoms with Crippen LogP contribution in [0.3, 0.4) is 0 Å². The first-order valence-corrected chi connectivity index (χ1v) is 8.29. The highest BCUT2D eigenvalue weighted by Crippen LogP contribution is 2.19. The second-order valence-corrected chi connectivity index (χ2v) is 6.22. The molecule has 1 fully saturated rings. The van der Waals surface area contributed by atoms with E-state index in [2.05, 4.69) is 10.00 Å². The van der Waals surface area contributed by atoms with Crippen molar-refractivity contribution in [1.82, 2.24) is 14.7 Å². The van der Waals surface area contributed by atoms with Gasteiger partial charge in [0.15, 0.2) is 5.78 Å². The molecular formula is C18H20N4O4. The summed E-state index contributed by atoms with van der Waals surface area (Å²) in [5.41, 5.74) is 1.67. The van der Waals surface area contributed by atoms with Crippen molar-refractivity contribution >= 4 is 23.3 Å². The van der Waals surface area contributed by atoms with Crippen LogP contribution >= 0.6 is 0 Å². The van der Waals surface area contributed by atoms with Crippen molar-refractivity contribution in [2.45, 2.75) is 6.92 Å². The molecule has 1 aliphatic heterocycles. The van der Waals surface area contributed by atoms with Crippen LogP contribution in [0.1, 0.15) is 38.1 Å². The topological polar surface area (TPSA) is 95.7 Å². The number of carboxylic acid groups (broad SMARTS) is 1. The lowest BCUT2D eigenvalue weighted by atomic mass is 10.1. The van der Waals surface area contributed by atoms with E-state index in [0.717, 1.165) is 5.69 Å². The number of hydrogen-bond acceptors (Lipinski definition) is 5. The highest BCUT2D eigenvalue weighted by atomic mass is 16.4. The van der Waals surface area contributed by atoms with E-state index in [1.165, 1.54) is 17.8 Å². The number of piperazine rings is 1. The first-order valence-electron chi connectivity index (χ1n) is 8.29. The van der Waals surface area contributed by atoms with E-state index >= 15 is 0 Å². The summed E-state index contributed by atoms with van der Waals surface area (Å²) in [6.07, 6.45) is 1.20. The molecule has 1 aromatic heterocycles. The molecule has 0 radical (unpaired) electrons. The monoisotopic (exact) mass is 356 g/mol. The minimum Gasteiger partial charge on any atom is -0.478 e. The van der Waals surface area contributed by atoms with Crippen LogP contribution in [-0.2, 0) is 7.05 Å². The minimum atomic E-state index is -1.16. The molecule has 8 heteroatoms. The van der Waals surface area contributed by atoms with Crippen molar-refractivity contribution in [3.63, 3.8) is 0 Å². The molecule has 0 atom stereocenters. The van der Waals surface area contributed by atoms with E-state index in [1.807, 2.05) is 12.1 Å². The lowest BCUT2D eigenvalue weighted by Crippen LogP contribution is -2.49. The highest BCUT2D eigenvalue weighted by molar-refractivity contribution is 6.03. The van der Waals surface area contributed by atoms with Crippen molar-refractivity contribution in [3.05, 3.63) is 47.3 Å². The second kappa shape index (κ2) is 6.99. The van der Waals surface area contributed by atoms with Crippen molar-refractivity contribution in [3.8, 4) is 0 Å². The summed E-state index contributed by atoms with van der Waals surface area (Å²) in [6.45, 7) is 3.76. The third kappa shape index (κ3) is 3.30. The van der Waals surface area contributed by atoms with Gasteiger partial charge < -0.3 is 14.9 Å². The van der Waals surface area contributed by atoms with Crippen molar-refractivity contribution in [1.29, 1.82) is 0 Å². The summed E-state index contributed by atoms with van der Waals surface area (Å²) in [6, 6.07) is 7.39.